The van der Waals surface area contributed by atoms with Crippen LogP contribution in [-0.4, -0.2) is 51.8 Å². The lowest BCUT2D eigenvalue weighted by molar-refractivity contribution is 0.0952. The fourth-order valence-electron chi connectivity index (χ4n) is 4.22. The van der Waals surface area contributed by atoms with Gasteiger partial charge in [-0.1, -0.05) is 6.42 Å². The zero-order chi connectivity index (χ0) is 20.5. The topological polar surface area (TPSA) is 88.0 Å². The molecule has 1 saturated carbocycles. The van der Waals surface area contributed by atoms with Crippen LogP contribution < -0.4 is 15.5 Å². The summed E-state index contributed by atoms with van der Waals surface area (Å²) in [6.07, 6.45) is 7.06. The van der Waals surface area contributed by atoms with Crippen molar-refractivity contribution in [2.24, 2.45) is 7.05 Å². The zero-order valence-corrected chi connectivity index (χ0v) is 17.8. The minimum absolute atomic E-state index is 0.238. The molecule has 8 heteroatoms. The molecule has 1 saturated heterocycles. The summed E-state index contributed by atoms with van der Waals surface area (Å²) >= 11 is 0. The number of rotatable bonds is 6. The van der Waals surface area contributed by atoms with Crippen LogP contribution in [0.1, 0.15) is 64.7 Å². The van der Waals surface area contributed by atoms with E-state index in [0.29, 0.717) is 12.0 Å². The van der Waals surface area contributed by atoms with Crippen molar-refractivity contribution >= 4 is 11.7 Å². The second kappa shape index (κ2) is 8.10. The molecule has 0 radical (unpaired) electrons. The molecule has 0 unspecified atom stereocenters. The first kappa shape index (κ1) is 19.8. The van der Waals surface area contributed by atoms with Crippen LogP contribution in [0, 0.1) is 13.8 Å². The van der Waals surface area contributed by atoms with E-state index in [-0.39, 0.29) is 11.7 Å². The number of amides is 1. The summed E-state index contributed by atoms with van der Waals surface area (Å²) in [5.74, 6) is 1.51. The normalized spacial score (nSPS) is 19.4. The van der Waals surface area contributed by atoms with Crippen LogP contribution in [0.25, 0.3) is 0 Å². The predicted molar refractivity (Wildman–Crippen MR) is 112 cm³/mol. The van der Waals surface area contributed by atoms with Gasteiger partial charge < -0.3 is 15.5 Å². The number of hydrogen-bond acceptors (Lipinski definition) is 6. The summed E-state index contributed by atoms with van der Waals surface area (Å²) in [6.45, 7) is 6.61. The second-order valence-corrected chi connectivity index (χ2v) is 8.31. The highest BCUT2D eigenvalue weighted by Crippen LogP contribution is 2.37. The molecule has 0 bridgehead atoms. The van der Waals surface area contributed by atoms with Gasteiger partial charge in [0.25, 0.3) is 5.91 Å². The summed E-state index contributed by atoms with van der Waals surface area (Å²) in [7, 11) is 3.61. The van der Waals surface area contributed by atoms with E-state index in [2.05, 4.69) is 31.7 Å². The number of carbonyl (C=O) groups is 1. The average molecular weight is 398 g/mol. The predicted octanol–water partition coefficient (Wildman–Crippen LogP) is 1.82. The molecule has 2 aromatic heterocycles. The van der Waals surface area contributed by atoms with E-state index in [1.165, 1.54) is 30.5 Å². The molecule has 2 fully saturated rings. The average Bonchev–Trinajstić information content (AvgIpc) is 3.26. The molecule has 29 heavy (non-hydrogen) atoms. The molecular formula is C21H31N7O. The van der Waals surface area contributed by atoms with Crippen LogP contribution in [0.2, 0.25) is 0 Å². The number of nitrogens with zero attached hydrogens (tertiary/aromatic N) is 5. The van der Waals surface area contributed by atoms with Crippen LogP contribution in [0.5, 0.6) is 0 Å². The van der Waals surface area contributed by atoms with Crippen molar-refractivity contribution < 1.29 is 4.79 Å². The molecule has 4 rings (SSSR count). The maximum absolute atomic E-state index is 12.0. The van der Waals surface area contributed by atoms with Gasteiger partial charge in [-0.2, -0.15) is 5.10 Å². The fraction of sp³-hybridized carbons (Fsp3) is 0.619. The number of anilines is 1. The van der Waals surface area contributed by atoms with Crippen LogP contribution in [0.3, 0.4) is 0 Å². The Morgan fingerprint density at radius 1 is 1.24 bits per heavy atom. The monoisotopic (exact) mass is 397 g/mol. The zero-order valence-electron chi connectivity index (χ0n) is 17.8. The molecule has 2 N–H and O–H groups in total. The lowest BCUT2D eigenvalue weighted by atomic mass is 9.81. The van der Waals surface area contributed by atoms with Crippen molar-refractivity contribution in [1.82, 2.24) is 30.4 Å². The quantitative estimate of drug-likeness (QED) is 0.773. The van der Waals surface area contributed by atoms with Gasteiger partial charge in [-0.3, -0.25) is 9.48 Å². The Hall–Kier alpha value is -2.48. The first-order valence-electron chi connectivity index (χ1n) is 10.5. The van der Waals surface area contributed by atoms with Crippen molar-refractivity contribution in [3.8, 4) is 0 Å². The molecule has 1 aliphatic heterocycles. The summed E-state index contributed by atoms with van der Waals surface area (Å²) < 4.78 is 1.94. The van der Waals surface area contributed by atoms with Crippen LogP contribution in [0.15, 0.2) is 6.20 Å². The summed E-state index contributed by atoms with van der Waals surface area (Å²) in [4.78, 5) is 23.2. The molecule has 1 aliphatic carbocycles. The Labute approximate surface area is 172 Å². The van der Waals surface area contributed by atoms with E-state index >= 15 is 0 Å². The number of aromatic nitrogens is 4. The van der Waals surface area contributed by atoms with Gasteiger partial charge in [-0.25, -0.2) is 9.97 Å². The number of nitrogens with one attached hydrogen (secondary N) is 2. The Balaban J connectivity index is 1.42. The van der Waals surface area contributed by atoms with Crippen molar-refractivity contribution in [1.29, 1.82) is 0 Å². The Morgan fingerprint density at radius 3 is 2.72 bits per heavy atom. The van der Waals surface area contributed by atoms with Crippen LogP contribution >= 0.6 is 0 Å². The highest BCUT2D eigenvalue weighted by atomic mass is 16.2. The van der Waals surface area contributed by atoms with Gasteiger partial charge in [0, 0.05) is 68.7 Å². The number of hydrogen-bond donors (Lipinski definition) is 2. The van der Waals surface area contributed by atoms with Gasteiger partial charge in [0.1, 0.15) is 5.82 Å². The third-order valence-corrected chi connectivity index (χ3v) is 6.29. The summed E-state index contributed by atoms with van der Waals surface area (Å²) in [5, 5.41) is 11.0. The fourth-order valence-corrected chi connectivity index (χ4v) is 4.22. The van der Waals surface area contributed by atoms with Crippen LogP contribution in [-0.2, 0) is 13.6 Å². The minimum atomic E-state index is -0.247. The Bertz CT molecular complexity index is 903. The smallest absolute Gasteiger partial charge is 0.288 e. The summed E-state index contributed by atoms with van der Waals surface area (Å²) in [6, 6.07) is 0.391. The van der Waals surface area contributed by atoms with E-state index in [1.54, 1.807) is 7.05 Å². The maximum Gasteiger partial charge on any atom is 0.288 e. The molecule has 156 valence electrons. The highest BCUT2D eigenvalue weighted by molar-refractivity contribution is 5.90. The molecule has 1 amide bonds. The van der Waals surface area contributed by atoms with Crippen molar-refractivity contribution in [3.05, 3.63) is 34.5 Å². The Kier molecular flexibility index (Phi) is 5.54. The van der Waals surface area contributed by atoms with Gasteiger partial charge >= 0.3 is 0 Å². The van der Waals surface area contributed by atoms with Gasteiger partial charge in [-0.05, 0) is 33.1 Å². The number of aryl methyl sites for hydroxylation is 2. The van der Waals surface area contributed by atoms with E-state index in [9.17, 15) is 4.79 Å². The van der Waals surface area contributed by atoms with Gasteiger partial charge in [-0.15, -0.1) is 0 Å². The maximum atomic E-state index is 12.0. The highest BCUT2D eigenvalue weighted by Gasteiger charge is 2.28. The SMILES string of the molecule is CNC(=O)c1nc(C)c(C)c(N2CC[C@@H](NCc3cn(C)nc3C3CCC3)C2)n1. The molecule has 3 heterocycles. The third kappa shape index (κ3) is 3.99. The first-order valence-corrected chi connectivity index (χ1v) is 10.5. The standard InChI is InChI=1S/C21H31N7O/c1-13-14(2)24-19(21(29)22-3)25-20(13)28-9-8-17(12-28)23-10-16-11-27(4)26-18(16)15-6-5-7-15/h11,15,17,23H,5-10,12H2,1-4H3,(H,22,29)/t17-/m1/s1. The molecule has 2 aliphatic rings. The molecule has 0 aromatic carbocycles. The Morgan fingerprint density at radius 2 is 2.03 bits per heavy atom. The van der Waals surface area contributed by atoms with E-state index in [1.807, 2.05) is 25.6 Å². The molecule has 0 spiro atoms. The first-order chi connectivity index (χ1) is 14.0. The second-order valence-electron chi connectivity index (χ2n) is 8.31. The minimum Gasteiger partial charge on any atom is -0.355 e. The molecule has 8 nitrogen and oxygen atoms in total. The largest absolute Gasteiger partial charge is 0.355 e. The van der Waals surface area contributed by atoms with Crippen molar-refractivity contribution in [2.45, 2.75) is 58.0 Å². The van der Waals surface area contributed by atoms with E-state index in [0.717, 1.165) is 43.1 Å². The van der Waals surface area contributed by atoms with Crippen molar-refractivity contribution in [3.63, 3.8) is 0 Å². The molecular weight excluding hydrogens is 366 g/mol. The van der Waals surface area contributed by atoms with Gasteiger partial charge in [0.2, 0.25) is 5.82 Å². The van der Waals surface area contributed by atoms with Crippen LogP contribution in [0.4, 0.5) is 5.82 Å². The molecule has 1 atom stereocenters. The third-order valence-electron chi connectivity index (χ3n) is 6.29. The van der Waals surface area contributed by atoms with E-state index < -0.39 is 0 Å². The van der Waals surface area contributed by atoms with Gasteiger partial charge in [0.15, 0.2) is 0 Å². The summed E-state index contributed by atoms with van der Waals surface area (Å²) in [5.41, 5.74) is 4.49. The number of carbonyl (C=O) groups excluding carboxylic acids is 1. The lowest BCUT2D eigenvalue weighted by Crippen LogP contribution is -2.33. The van der Waals surface area contributed by atoms with Gasteiger partial charge in [0.05, 0.1) is 5.69 Å². The lowest BCUT2D eigenvalue weighted by Gasteiger charge is -2.25. The van der Waals surface area contributed by atoms with E-state index in [4.69, 9.17) is 5.10 Å². The van der Waals surface area contributed by atoms with Crippen molar-refractivity contribution in [2.75, 3.05) is 25.0 Å². The molecule has 2 aromatic rings.